The van der Waals surface area contributed by atoms with Crippen LogP contribution in [0.1, 0.15) is 232 Å². The van der Waals surface area contributed by atoms with Crippen LogP contribution in [0.15, 0.2) is 109 Å². The Kier molecular flexibility index (Phi) is 51.0. The van der Waals surface area contributed by atoms with Crippen LogP contribution >= 0.6 is 0 Å². The lowest BCUT2D eigenvalue weighted by Gasteiger charge is -2.15. The summed E-state index contributed by atoms with van der Waals surface area (Å²) < 4.78 is 10.6. The van der Waals surface area contributed by atoms with Gasteiger partial charge in [0.1, 0.15) is 6.61 Å². The number of esters is 2. The molecule has 0 radical (unpaired) electrons. The predicted molar refractivity (Wildman–Crippen MR) is 279 cm³/mol. The Bertz CT molecular complexity index is 1280. The van der Waals surface area contributed by atoms with E-state index in [0.29, 0.717) is 12.8 Å². The maximum Gasteiger partial charge on any atom is 0.306 e. The fourth-order valence-corrected chi connectivity index (χ4v) is 7.16. The third-order valence-electron chi connectivity index (χ3n) is 11.1. The van der Waals surface area contributed by atoms with Crippen molar-refractivity contribution in [2.24, 2.45) is 0 Å². The molecule has 0 fully saturated rings. The minimum absolute atomic E-state index is 0.0840. The molecule has 1 atom stereocenters. The summed E-state index contributed by atoms with van der Waals surface area (Å²) in [6.45, 7) is 3.88. The zero-order valence-corrected chi connectivity index (χ0v) is 41.5. The summed E-state index contributed by atoms with van der Waals surface area (Å²) >= 11 is 0. The number of carbonyl (C=O) groups excluding carboxylic acids is 2. The Morgan fingerprint density at radius 1 is 0.359 bits per heavy atom. The second-order valence-electron chi connectivity index (χ2n) is 17.2. The van der Waals surface area contributed by atoms with E-state index in [9.17, 15) is 14.7 Å². The average Bonchev–Trinajstić information content (AvgIpc) is 3.30. The van der Waals surface area contributed by atoms with Crippen LogP contribution in [0, 0.1) is 0 Å². The third-order valence-corrected chi connectivity index (χ3v) is 11.1. The van der Waals surface area contributed by atoms with Crippen molar-refractivity contribution in [1.29, 1.82) is 0 Å². The first kappa shape index (κ1) is 60.6. The van der Waals surface area contributed by atoms with Crippen molar-refractivity contribution in [2.45, 2.75) is 238 Å². The van der Waals surface area contributed by atoms with Crippen LogP contribution in [-0.4, -0.2) is 36.4 Å². The van der Waals surface area contributed by atoms with Gasteiger partial charge in [-0.15, -0.1) is 0 Å². The first-order chi connectivity index (χ1) is 31.6. The van der Waals surface area contributed by atoms with E-state index in [1.807, 2.05) is 0 Å². The number of hydrogen-bond donors (Lipinski definition) is 1. The highest BCUT2D eigenvalue weighted by Gasteiger charge is 2.16. The van der Waals surface area contributed by atoms with Gasteiger partial charge >= 0.3 is 11.9 Å². The Hall–Kier alpha value is -3.44. The second kappa shape index (κ2) is 53.9. The SMILES string of the molecule is CC/C=C\C/C=C\C/C=C\C/C=C\C/C=C\C/C=C\CCCCCCCCCCCCCCCCCCCCC(=O)OC(CO)COC(=O)CCCCC/C=C\C/C=C\C/C=C\CC. The lowest BCUT2D eigenvalue weighted by molar-refractivity contribution is -0.161. The number of unbranched alkanes of at least 4 members (excludes halogenated alkanes) is 21. The van der Waals surface area contributed by atoms with Crippen LogP contribution < -0.4 is 0 Å². The molecule has 0 aliphatic carbocycles. The van der Waals surface area contributed by atoms with Gasteiger partial charge in [-0.25, -0.2) is 0 Å². The van der Waals surface area contributed by atoms with E-state index in [1.165, 1.54) is 103 Å². The number of aliphatic hydroxyl groups excluding tert-OH is 1. The van der Waals surface area contributed by atoms with Crippen LogP contribution in [0.2, 0.25) is 0 Å². The van der Waals surface area contributed by atoms with Crippen molar-refractivity contribution >= 4 is 11.9 Å². The summed E-state index contributed by atoms with van der Waals surface area (Å²) in [6.07, 6.45) is 77.8. The fraction of sp³-hybridized carbons (Fsp3) is 0.661. The van der Waals surface area contributed by atoms with E-state index in [2.05, 4.69) is 123 Å². The van der Waals surface area contributed by atoms with Crippen LogP contribution in [0.5, 0.6) is 0 Å². The molecule has 1 N–H and O–H groups in total. The molecule has 0 saturated carbocycles. The van der Waals surface area contributed by atoms with Crippen LogP contribution in [-0.2, 0) is 19.1 Å². The Labute approximate surface area is 395 Å². The van der Waals surface area contributed by atoms with E-state index >= 15 is 0 Å². The summed E-state index contributed by atoms with van der Waals surface area (Å²) in [6, 6.07) is 0. The molecule has 64 heavy (non-hydrogen) atoms. The van der Waals surface area contributed by atoms with Crippen molar-refractivity contribution in [3.63, 3.8) is 0 Å². The fourth-order valence-electron chi connectivity index (χ4n) is 7.16. The van der Waals surface area contributed by atoms with Crippen molar-refractivity contribution in [3.05, 3.63) is 109 Å². The van der Waals surface area contributed by atoms with Crippen LogP contribution in [0.4, 0.5) is 0 Å². The van der Waals surface area contributed by atoms with Gasteiger partial charge in [0.05, 0.1) is 6.61 Å². The highest BCUT2D eigenvalue weighted by atomic mass is 16.6. The Balaban J connectivity index is 3.48. The van der Waals surface area contributed by atoms with E-state index < -0.39 is 6.10 Å². The normalized spacial score (nSPS) is 13.1. The van der Waals surface area contributed by atoms with E-state index in [1.54, 1.807) is 0 Å². The molecule has 0 rings (SSSR count). The van der Waals surface area contributed by atoms with Gasteiger partial charge in [0, 0.05) is 12.8 Å². The summed E-state index contributed by atoms with van der Waals surface area (Å²) in [5.41, 5.74) is 0. The molecular weight excluding hydrogens is 789 g/mol. The number of rotatable bonds is 47. The summed E-state index contributed by atoms with van der Waals surface area (Å²) in [4.78, 5) is 24.4. The molecule has 0 amide bonds. The van der Waals surface area contributed by atoms with Crippen LogP contribution in [0.3, 0.4) is 0 Å². The molecule has 5 nitrogen and oxygen atoms in total. The first-order valence-electron chi connectivity index (χ1n) is 26.4. The minimum atomic E-state index is -0.788. The zero-order valence-electron chi connectivity index (χ0n) is 41.5. The topological polar surface area (TPSA) is 72.8 Å². The zero-order chi connectivity index (χ0) is 46.3. The first-order valence-corrected chi connectivity index (χ1v) is 26.4. The molecular formula is C59H98O5. The molecule has 0 spiro atoms. The maximum absolute atomic E-state index is 12.3. The minimum Gasteiger partial charge on any atom is -0.462 e. The lowest BCUT2D eigenvalue weighted by atomic mass is 10.0. The molecule has 0 aromatic heterocycles. The van der Waals surface area contributed by atoms with Gasteiger partial charge in [-0.05, 0) is 96.3 Å². The summed E-state index contributed by atoms with van der Waals surface area (Å²) in [5, 5.41) is 9.60. The molecule has 0 saturated heterocycles. The third kappa shape index (κ3) is 51.2. The standard InChI is InChI=1S/C59H98O5/c1-3-5-7-9-11-13-15-17-18-19-20-21-22-23-24-25-26-27-28-29-30-31-32-33-34-35-36-37-38-39-40-42-44-46-48-50-52-54-59(62)64-57(55-60)56-63-58(61)53-51-49-47-45-43-41-16-14-12-10-8-6-4-2/h5-8,11-14,17-18,20-21,23-24,26-27,41,43,57,60H,3-4,9-10,15-16,19,22,25,28-40,42,44-56H2,1-2H3/b7-5-,8-6-,13-11-,14-12-,18-17-,21-20-,24-23-,27-26-,43-41-. The van der Waals surface area contributed by atoms with E-state index in [0.717, 1.165) is 103 Å². The molecule has 0 aromatic carbocycles. The molecule has 0 aliphatic rings. The quantitative estimate of drug-likeness (QED) is 0.0374. The molecule has 364 valence electrons. The van der Waals surface area contributed by atoms with Crippen molar-refractivity contribution < 1.29 is 24.2 Å². The molecule has 0 aromatic rings. The highest BCUT2D eigenvalue weighted by molar-refractivity contribution is 5.70. The number of ether oxygens (including phenoxy) is 2. The maximum atomic E-state index is 12.3. The van der Waals surface area contributed by atoms with Crippen molar-refractivity contribution in [3.8, 4) is 0 Å². The van der Waals surface area contributed by atoms with Crippen LogP contribution in [0.25, 0.3) is 0 Å². The Morgan fingerprint density at radius 2 is 0.625 bits per heavy atom. The average molecular weight is 887 g/mol. The summed E-state index contributed by atoms with van der Waals surface area (Å²) in [7, 11) is 0. The van der Waals surface area contributed by atoms with Gasteiger partial charge < -0.3 is 14.6 Å². The van der Waals surface area contributed by atoms with Gasteiger partial charge in [0.2, 0.25) is 0 Å². The van der Waals surface area contributed by atoms with Crippen molar-refractivity contribution in [1.82, 2.24) is 0 Å². The van der Waals surface area contributed by atoms with E-state index in [-0.39, 0.29) is 25.2 Å². The second-order valence-corrected chi connectivity index (χ2v) is 17.2. The number of hydrogen-bond acceptors (Lipinski definition) is 5. The number of carbonyl (C=O) groups is 2. The van der Waals surface area contributed by atoms with Gasteiger partial charge in [-0.1, -0.05) is 232 Å². The van der Waals surface area contributed by atoms with Gasteiger partial charge in [0.25, 0.3) is 0 Å². The highest BCUT2D eigenvalue weighted by Crippen LogP contribution is 2.16. The molecule has 0 aliphatic heterocycles. The Morgan fingerprint density at radius 3 is 0.953 bits per heavy atom. The number of allylic oxidation sites excluding steroid dienone is 18. The van der Waals surface area contributed by atoms with Gasteiger partial charge in [-0.2, -0.15) is 0 Å². The van der Waals surface area contributed by atoms with E-state index in [4.69, 9.17) is 9.47 Å². The van der Waals surface area contributed by atoms with Gasteiger partial charge in [0.15, 0.2) is 6.10 Å². The predicted octanol–water partition coefficient (Wildman–Crippen LogP) is 17.7. The number of aliphatic hydroxyl groups is 1. The molecule has 0 heterocycles. The van der Waals surface area contributed by atoms with Gasteiger partial charge in [-0.3, -0.25) is 9.59 Å². The monoisotopic (exact) mass is 887 g/mol. The molecule has 1 unspecified atom stereocenters. The smallest absolute Gasteiger partial charge is 0.306 e. The van der Waals surface area contributed by atoms with Crippen molar-refractivity contribution in [2.75, 3.05) is 13.2 Å². The summed E-state index contributed by atoms with van der Waals surface area (Å²) in [5.74, 6) is -0.626. The lowest BCUT2D eigenvalue weighted by Crippen LogP contribution is -2.28. The molecule has 5 heteroatoms. The molecule has 0 bridgehead atoms. The largest absolute Gasteiger partial charge is 0.462 e.